The van der Waals surface area contributed by atoms with E-state index < -0.39 is 0 Å². The van der Waals surface area contributed by atoms with Crippen LogP contribution in [0.5, 0.6) is 0 Å². The summed E-state index contributed by atoms with van der Waals surface area (Å²) in [4.78, 5) is 2.23. The SMILES string of the molecule is CN(C)CCC=C1c2ccccc2C=Cc2ccccc21.Cl.Cl. The molecule has 3 rings (SSSR count). The van der Waals surface area contributed by atoms with Gasteiger partial charge in [0.2, 0.25) is 0 Å². The predicted octanol–water partition coefficient (Wildman–Crippen LogP) is 5.40. The van der Waals surface area contributed by atoms with Gasteiger partial charge in [-0.1, -0.05) is 66.8 Å². The predicted molar refractivity (Wildman–Crippen MR) is 107 cm³/mol. The van der Waals surface area contributed by atoms with Crippen LogP contribution in [0.3, 0.4) is 0 Å². The number of hydrogen-bond acceptors (Lipinski definition) is 1. The summed E-state index contributed by atoms with van der Waals surface area (Å²) in [6.45, 7) is 1.07. The molecule has 3 heteroatoms. The first kappa shape index (κ1) is 19.5. The molecule has 0 spiro atoms. The Morgan fingerprint density at radius 3 is 1.74 bits per heavy atom. The van der Waals surface area contributed by atoms with Crippen molar-refractivity contribution in [2.45, 2.75) is 6.42 Å². The largest absolute Gasteiger partial charge is 0.309 e. The normalized spacial score (nSPS) is 11.7. The highest BCUT2D eigenvalue weighted by Crippen LogP contribution is 2.33. The van der Waals surface area contributed by atoms with Crippen LogP contribution in [0.15, 0.2) is 54.6 Å². The first-order valence-electron chi connectivity index (χ1n) is 7.47. The van der Waals surface area contributed by atoms with E-state index in [0.717, 1.165) is 13.0 Å². The molecule has 0 atom stereocenters. The summed E-state index contributed by atoms with van der Waals surface area (Å²) >= 11 is 0. The lowest BCUT2D eigenvalue weighted by molar-refractivity contribution is 0.417. The van der Waals surface area contributed by atoms with Gasteiger partial charge in [0.1, 0.15) is 0 Å². The average Bonchev–Trinajstić information content (AvgIpc) is 2.65. The summed E-state index contributed by atoms with van der Waals surface area (Å²) in [5, 5.41) is 0. The Bertz CT molecular complexity index is 651. The Labute approximate surface area is 151 Å². The number of hydrogen-bond donors (Lipinski definition) is 0. The molecule has 2 aromatic carbocycles. The van der Waals surface area contributed by atoms with Crippen molar-refractivity contribution in [3.63, 3.8) is 0 Å². The van der Waals surface area contributed by atoms with Crippen LogP contribution in [0.25, 0.3) is 17.7 Å². The zero-order chi connectivity index (χ0) is 14.7. The van der Waals surface area contributed by atoms with Crippen LogP contribution in [0.1, 0.15) is 28.7 Å². The van der Waals surface area contributed by atoms with E-state index in [-0.39, 0.29) is 24.8 Å². The second-order valence-electron chi connectivity index (χ2n) is 5.72. The van der Waals surface area contributed by atoms with Crippen molar-refractivity contribution in [2.75, 3.05) is 20.6 Å². The van der Waals surface area contributed by atoms with E-state index >= 15 is 0 Å². The molecule has 0 heterocycles. The monoisotopic (exact) mass is 347 g/mol. The zero-order valence-electron chi connectivity index (χ0n) is 13.5. The van der Waals surface area contributed by atoms with E-state index in [4.69, 9.17) is 0 Å². The fourth-order valence-corrected chi connectivity index (χ4v) is 2.79. The Kier molecular flexibility index (Phi) is 7.57. The summed E-state index contributed by atoms with van der Waals surface area (Å²) in [7, 11) is 4.24. The average molecular weight is 348 g/mol. The molecule has 122 valence electrons. The molecule has 0 saturated carbocycles. The molecule has 1 aliphatic rings. The van der Waals surface area contributed by atoms with Gasteiger partial charge >= 0.3 is 0 Å². The van der Waals surface area contributed by atoms with Crippen molar-refractivity contribution < 1.29 is 0 Å². The van der Waals surface area contributed by atoms with E-state index in [2.05, 4.69) is 85.8 Å². The van der Waals surface area contributed by atoms with Crippen molar-refractivity contribution in [3.05, 3.63) is 76.9 Å². The quantitative estimate of drug-likeness (QED) is 0.613. The molecule has 0 saturated heterocycles. The van der Waals surface area contributed by atoms with Crippen LogP contribution in [-0.4, -0.2) is 25.5 Å². The lowest BCUT2D eigenvalue weighted by Gasteiger charge is -2.13. The molecule has 0 radical (unpaired) electrons. The molecule has 0 N–H and O–H groups in total. The third-order valence-electron chi connectivity index (χ3n) is 3.87. The van der Waals surface area contributed by atoms with Gasteiger partial charge < -0.3 is 4.90 Å². The van der Waals surface area contributed by atoms with Crippen LogP contribution in [0.4, 0.5) is 0 Å². The number of halogens is 2. The Hall–Kier alpha value is -1.54. The molecule has 1 nitrogen and oxygen atoms in total. The van der Waals surface area contributed by atoms with E-state index in [1.807, 2.05) is 0 Å². The molecule has 0 unspecified atom stereocenters. The van der Waals surface area contributed by atoms with Gasteiger partial charge in [-0.2, -0.15) is 0 Å². The van der Waals surface area contributed by atoms with Crippen molar-refractivity contribution in [1.29, 1.82) is 0 Å². The van der Waals surface area contributed by atoms with E-state index in [9.17, 15) is 0 Å². The molecule has 1 aliphatic carbocycles. The van der Waals surface area contributed by atoms with Crippen LogP contribution >= 0.6 is 24.8 Å². The summed E-state index contributed by atoms with van der Waals surface area (Å²) in [6.07, 6.45) is 7.89. The lowest BCUT2D eigenvalue weighted by Crippen LogP contribution is -2.12. The standard InChI is InChI=1S/C20H21N.2ClH/c1-21(2)15-7-12-20-18-10-5-3-8-16(18)13-14-17-9-4-6-11-19(17)20;;/h3-6,8-14H,7,15H2,1-2H3;2*1H. The van der Waals surface area contributed by atoms with E-state index in [0.29, 0.717) is 0 Å². The Morgan fingerprint density at radius 1 is 0.783 bits per heavy atom. The van der Waals surface area contributed by atoms with Crippen molar-refractivity contribution in [1.82, 2.24) is 4.90 Å². The topological polar surface area (TPSA) is 3.24 Å². The lowest BCUT2D eigenvalue weighted by atomic mass is 9.93. The minimum absolute atomic E-state index is 0. The summed E-state index contributed by atoms with van der Waals surface area (Å²) in [6, 6.07) is 17.3. The second kappa shape index (κ2) is 8.93. The fraction of sp³-hybridized carbons (Fsp3) is 0.200. The maximum Gasteiger partial charge on any atom is 0.00101 e. The van der Waals surface area contributed by atoms with Gasteiger partial charge in [0.25, 0.3) is 0 Å². The first-order chi connectivity index (χ1) is 10.3. The van der Waals surface area contributed by atoms with Crippen molar-refractivity contribution in [3.8, 4) is 0 Å². The van der Waals surface area contributed by atoms with E-state index in [1.54, 1.807) is 0 Å². The third-order valence-corrected chi connectivity index (χ3v) is 3.87. The van der Waals surface area contributed by atoms with Gasteiger partial charge in [0.15, 0.2) is 0 Å². The molecule has 0 fully saturated rings. The molecule has 0 bridgehead atoms. The molecule has 0 aliphatic heterocycles. The number of fused-ring (bicyclic) bond motifs is 2. The van der Waals surface area contributed by atoms with Crippen LogP contribution in [-0.2, 0) is 0 Å². The second-order valence-corrected chi connectivity index (χ2v) is 5.72. The highest BCUT2D eigenvalue weighted by Gasteiger charge is 2.13. The minimum atomic E-state index is 0. The van der Waals surface area contributed by atoms with Crippen molar-refractivity contribution >= 4 is 42.5 Å². The van der Waals surface area contributed by atoms with Crippen LogP contribution in [0.2, 0.25) is 0 Å². The molecule has 0 aromatic heterocycles. The third kappa shape index (κ3) is 4.48. The molecule has 23 heavy (non-hydrogen) atoms. The molecular weight excluding hydrogens is 325 g/mol. The van der Waals surface area contributed by atoms with Gasteiger partial charge in [0, 0.05) is 6.54 Å². The summed E-state index contributed by atoms with van der Waals surface area (Å²) in [5.74, 6) is 0. The van der Waals surface area contributed by atoms with Gasteiger partial charge in [-0.25, -0.2) is 0 Å². The highest BCUT2D eigenvalue weighted by molar-refractivity contribution is 5.93. The summed E-state index contributed by atoms with van der Waals surface area (Å²) in [5.41, 5.74) is 6.61. The number of nitrogens with zero attached hydrogens (tertiary/aromatic N) is 1. The fourth-order valence-electron chi connectivity index (χ4n) is 2.79. The number of rotatable bonds is 3. The Balaban J connectivity index is 0.00000132. The number of benzene rings is 2. The van der Waals surface area contributed by atoms with Gasteiger partial charge in [-0.15, -0.1) is 24.8 Å². The van der Waals surface area contributed by atoms with Crippen molar-refractivity contribution in [2.24, 2.45) is 0 Å². The van der Waals surface area contributed by atoms with E-state index in [1.165, 1.54) is 27.8 Å². The maximum absolute atomic E-state index is 2.38. The van der Waals surface area contributed by atoms with Crippen LogP contribution in [0, 0.1) is 0 Å². The Morgan fingerprint density at radius 2 is 1.26 bits per heavy atom. The smallest absolute Gasteiger partial charge is 0.00101 e. The summed E-state index contributed by atoms with van der Waals surface area (Å²) < 4.78 is 0. The maximum atomic E-state index is 2.38. The van der Waals surface area contributed by atoms with Gasteiger partial charge in [0.05, 0.1) is 0 Å². The zero-order valence-corrected chi connectivity index (χ0v) is 15.2. The molecule has 0 amide bonds. The van der Waals surface area contributed by atoms with Crippen LogP contribution < -0.4 is 0 Å². The molecule has 2 aromatic rings. The van der Waals surface area contributed by atoms with Gasteiger partial charge in [-0.05, 0) is 48.3 Å². The minimum Gasteiger partial charge on any atom is -0.309 e. The molecular formula is C20H23Cl2N. The highest BCUT2D eigenvalue weighted by atomic mass is 35.5. The van der Waals surface area contributed by atoms with Gasteiger partial charge in [-0.3, -0.25) is 0 Å². The first-order valence-corrected chi connectivity index (χ1v) is 7.47.